The van der Waals surface area contributed by atoms with Gasteiger partial charge in [0.25, 0.3) is 0 Å². The Balaban J connectivity index is 2.08. The van der Waals surface area contributed by atoms with Crippen molar-refractivity contribution in [2.75, 3.05) is 33.2 Å². The molecule has 15 heavy (non-hydrogen) atoms. The molecular weight excluding hydrogens is 192 g/mol. The van der Waals surface area contributed by atoms with Crippen LogP contribution in [0.15, 0.2) is 4.99 Å². The summed E-state index contributed by atoms with van der Waals surface area (Å²) in [4.78, 5) is 17.6. The predicted octanol–water partition coefficient (Wildman–Crippen LogP) is -0.206. The molecule has 1 heterocycles. The summed E-state index contributed by atoms with van der Waals surface area (Å²) in [6, 6.07) is 0. The second-order valence-electron chi connectivity index (χ2n) is 3.65. The van der Waals surface area contributed by atoms with E-state index in [-0.39, 0.29) is 5.91 Å². The Hall–Kier alpha value is -1.26. The zero-order valence-corrected chi connectivity index (χ0v) is 9.55. The molecule has 0 saturated heterocycles. The summed E-state index contributed by atoms with van der Waals surface area (Å²) in [6.45, 7) is 5.27. The van der Waals surface area contributed by atoms with Crippen molar-refractivity contribution in [3.05, 3.63) is 0 Å². The maximum absolute atomic E-state index is 11.3. The highest BCUT2D eigenvalue weighted by atomic mass is 16.1. The molecule has 0 fully saturated rings. The molecule has 0 unspecified atom stereocenters. The molecule has 0 aromatic carbocycles. The molecule has 0 atom stereocenters. The number of amides is 1. The minimum Gasteiger partial charge on any atom is -0.356 e. The van der Waals surface area contributed by atoms with E-state index < -0.39 is 0 Å². The van der Waals surface area contributed by atoms with Crippen molar-refractivity contribution < 1.29 is 4.79 Å². The molecule has 0 spiro atoms. The molecule has 1 rings (SSSR count). The third-order valence-electron chi connectivity index (χ3n) is 2.27. The highest BCUT2D eigenvalue weighted by Crippen LogP contribution is 1.94. The Labute approximate surface area is 90.9 Å². The fourth-order valence-electron chi connectivity index (χ4n) is 1.36. The third-order valence-corrected chi connectivity index (χ3v) is 2.27. The fourth-order valence-corrected chi connectivity index (χ4v) is 1.36. The highest BCUT2D eigenvalue weighted by molar-refractivity contribution is 5.82. The van der Waals surface area contributed by atoms with Gasteiger partial charge in [0.1, 0.15) is 0 Å². The van der Waals surface area contributed by atoms with Crippen molar-refractivity contribution in [3.8, 4) is 0 Å². The van der Waals surface area contributed by atoms with E-state index in [2.05, 4.69) is 20.5 Å². The molecule has 0 saturated carbocycles. The van der Waals surface area contributed by atoms with Crippen LogP contribution in [-0.2, 0) is 4.79 Å². The van der Waals surface area contributed by atoms with Gasteiger partial charge >= 0.3 is 0 Å². The van der Waals surface area contributed by atoms with Gasteiger partial charge in [0.05, 0.1) is 6.54 Å². The van der Waals surface area contributed by atoms with E-state index in [0.29, 0.717) is 13.0 Å². The minimum atomic E-state index is 0.102. The Morgan fingerprint density at radius 3 is 2.93 bits per heavy atom. The summed E-state index contributed by atoms with van der Waals surface area (Å²) in [6.07, 6.45) is 1.49. The van der Waals surface area contributed by atoms with Gasteiger partial charge in [-0.25, -0.2) is 0 Å². The lowest BCUT2D eigenvalue weighted by molar-refractivity contribution is -0.120. The maximum atomic E-state index is 11.3. The van der Waals surface area contributed by atoms with Crippen LogP contribution < -0.4 is 10.6 Å². The quantitative estimate of drug-likeness (QED) is 0.663. The Kier molecular flexibility index (Phi) is 4.93. The van der Waals surface area contributed by atoms with Gasteiger partial charge in [0.15, 0.2) is 5.96 Å². The maximum Gasteiger partial charge on any atom is 0.221 e. The van der Waals surface area contributed by atoms with E-state index in [1.54, 1.807) is 0 Å². The molecule has 5 heteroatoms. The Bertz CT molecular complexity index is 240. The molecule has 1 aliphatic heterocycles. The monoisotopic (exact) mass is 212 g/mol. The molecule has 86 valence electrons. The fraction of sp³-hybridized carbons (Fsp3) is 0.800. The average Bonchev–Trinajstić information content (AvgIpc) is 2.61. The molecule has 2 N–H and O–H groups in total. The molecule has 0 bridgehead atoms. The summed E-state index contributed by atoms with van der Waals surface area (Å²) >= 11 is 0. The smallest absolute Gasteiger partial charge is 0.221 e. The van der Waals surface area contributed by atoms with E-state index in [4.69, 9.17) is 0 Å². The van der Waals surface area contributed by atoms with Crippen molar-refractivity contribution in [3.63, 3.8) is 0 Å². The van der Waals surface area contributed by atoms with Crippen molar-refractivity contribution in [1.82, 2.24) is 15.5 Å². The summed E-state index contributed by atoms with van der Waals surface area (Å²) in [5, 5.41) is 5.99. The normalized spacial score (nSPS) is 15.1. The van der Waals surface area contributed by atoms with Gasteiger partial charge in [0.2, 0.25) is 5.91 Å². The summed E-state index contributed by atoms with van der Waals surface area (Å²) < 4.78 is 0. The SMILES string of the molecule is CCCNC(=O)CCNC1=NCCN1C. The molecular formula is C10H20N4O. The number of nitrogens with zero attached hydrogens (tertiary/aromatic N) is 2. The summed E-state index contributed by atoms with van der Waals surface area (Å²) in [5.74, 6) is 1.00. The number of likely N-dealkylation sites (N-methyl/N-ethyl adjacent to an activating group) is 1. The Morgan fingerprint density at radius 2 is 2.33 bits per heavy atom. The first-order valence-electron chi connectivity index (χ1n) is 5.50. The topological polar surface area (TPSA) is 56.7 Å². The van der Waals surface area contributed by atoms with E-state index in [9.17, 15) is 4.79 Å². The molecule has 0 aliphatic carbocycles. The first-order valence-corrected chi connectivity index (χ1v) is 5.50. The molecule has 0 aromatic heterocycles. The lowest BCUT2D eigenvalue weighted by Gasteiger charge is -2.14. The van der Waals surface area contributed by atoms with Crippen molar-refractivity contribution in [2.24, 2.45) is 4.99 Å². The number of rotatable bonds is 5. The lowest BCUT2D eigenvalue weighted by Crippen LogP contribution is -2.37. The average molecular weight is 212 g/mol. The van der Waals surface area contributed by atoms with Crippen LogP contribution in [0.3, 0.4) is 0 Å². The first kappa shape index (κ1) is 11.8. The van der Waals surface area contributed by atoms with Crippen LogP contribution in [0.25, 0.3) is 0 Å². The van der Waals surface area contributed by atoms with Gasteiger partial charge in [-0.15, -0.1) is 0 Å². The van der Waals surface area contributed by atoms with Crippen molar-refractivity contribution in [1.29, 1.82) is 0 Å². The van der Waals surface area contributed by atoms with Crippen molar-refractivity contribution in [2.45, 2.75) is 19.8 Å². The van der Waals surface area contributed by atoms with Crippen LogP contribution in [0.2, 0.25) is 0 Å². The van der Waals surface area contributed by atoms with Gasteiger partial charge in [-0.1, -0.05) is 6.92 Å². The molecule has 1 aliphatic rings. The van der Waals surface area contributed by atoms with Gasteiger partial charge in [-0.2, -0.15) is 0 Å². The molecule has 0 radical (unpaired) electrons. The zero-order chi connectivity index (χ0) is 11.1. The summed E-state index contributed by atoms with van der Waals surface area (Å²) in [7, 11) is 2.00. The van der Waals surface area contributed by atoms with Crippen LogP contribution in [0, 0.1) is 0 Å². The Morgan fingerprint density at radius 1 is 1.53 bits per heavy atom. The largest absolute Gasteiger partial charge is 0.356 e. The first-order chi connectivity index (χ1) is 7.24. The lowest BCUT2D eigenvalue weighted by atomic mass is 10.4. The third kappa shape index (κ3) is 4.18. The highest BCUT2D eigenvalue weighted by Gasteiger charge is 2.11. The van der Waals surface area contributed by atoms with E-state index in [0.717, 1.165) is 32.0 Å². The number of nitrogens with one attached hydrogen (secondary N) is 2. The number of hydrogen-bond acceptors (Lipinski definition) is 4. The van der Waals surface area contributed by atoms with Gasteiger partial charge in [0, 0.05) is 33.1 Å². The van der Waals surface area contributed by atoms with E-state index in [1.807, 2.05) is 14.0 Å². The van der Waals surface area contributed by atoms with Crippen LogP contribution in [0.5, 0.6) is 0 Å². The molecule has 5 nitrogen and oxygen atoms in total. The van der Waals surface area contributed by atoms with Gasteiger partial charge < -0.3 is 15.5 Å². The van der Waals surface area contributed by atoms with Crippen molar-refractivity contribution >= 4 is 11.9 Å². The number of carbonyl (C=O) groups excluding carboxylic acids is 1. The van der Waals surface area contributed by atoms with Crippen LogP contribution in [-0.4, -0.2) is 50.0 Å². The molecule has 1 amide bonds. The second kappa shape index (κ2) is 6.27. The van der Waals surface area contributed by atoms with Crippen LogP contribution >= 0.6 is 0 Å². The van der Waals surface area contributed by atoms with Crippen LogP contribution in [0.4, 0.5) is 0 Å². The number of hydrogen-bond donors (Lipinski definition) is 2. The second-order valence-corrected chi connectivity index (χ2v) is 3.65. The van der Waals surface area contributed by atoms with E-state index >= 15 is 0 Å². The van der Waals surface area contributed by atoms with E-state index in [1.165, 1.54) is 0 Å². The van der Waals surface area contributed by atoms with Gasteiger partial charge in [-0.05, 0) is 6.42 Å². The number of aliphatic imine (C=N–C) groups is 1. The van der Waals surface area contributed by atoms with Gasteiger partial charge in [-0.3, -0.25) is 9.79 Å². The number of guanidine groups is 1. The standard InChI is InChI=1S/C10H20N4O/c1-3-5-11-9(15)4-6-12-10-13-7-8-14(10)2/h3-8H2,1-2H3,(H,11,15)(H,12,13). The zero-order valence-electron chi connectivity index (χ0n) is 9.55. The van der Waals surface area contributed by atoms with Crippen LogP contribution in [0.1, 0.15) is 19.8 Å². The summed E-state index contributed by atoms with van der Waals surface area (Å²) in [5.41, 5.74) is 0. The molecule has 0 aromatic rings. The minimum absolute atomic E-state index is 0.102. The number of carbonyl (C=O) groups is 1. The predicted molar refractivity (Wildman–Crippen MR) is 60.9 cm³/mol.